The molecule has 0 unspecified atom stereocenters. The zero-order valence-corrected chi connectivity index (χ0v) is 14.3. The van der Waals surface area contributed by atoms with Gasteiger partial charge in [0.25, 0.3) is 0 Å². The van der Waals surface area contributed by atoms with E-state index in [1.807, 2.05) is 23.9 Å². The third-order valence-electron chi connectivity index (χ3n) is 3.81. The number of halogens is 2. The number of benzene rings is 2. The van der Waals surface area contributed by atoms with Gasteiger partial charge >= 0.3 is 5.97 Å². The fourth-order valence-electron chi connectivity index (χ4n) is 2.68. The maximum atomic E-state index is 13.9. The van der Waals surface area contributed by atoms with Crippen LogP contribution in [0, 0.1) is 11.6 Å². The fourth-order valence-corrected chi connectivity index (χ4v) is 2.68. The average molecular weight is 357 g/mol. The van der Waals surface area contributed by atoms with Gasteiger partial charge in [-0.1, -0.05) is 6.07 Å². The topological polar surface area (TPSA) is 40.5 Å². The van der Waals surface area contributed by atoms with Gasteiger partial charge in [0.1, 0.15) is 11.6 Å². The van der Waals surface area contributed by atoms with Gasteiger partial charge in [-0.25, -0.2) is 13.6 Å². The van der Waals surface area contributed by atoms with E-state index in [0.29, 0.717) is 16.7 Å². The molecule has 0 aliphatic rings. The zero-order valence-electron chi connectivity index (χ0n) is 14.3. The molecule has 0 radical (unpaired) electrons. The summed E-state index contributed by atoms with van der Waals surface area (Å²) in [5.41, 5.74) is 1.56. The molecule has 0 atom stereocenters. The number of hydrogen-bond donors (Lipinski definition) is 0. The lowest BCUT2D eigenvalue weighted by Gasteiger charge is -2.09. The smallest absolute Gasteiger partial charge is 0.330 e. The monoisotopic (exact) mass is 357 g/mol. The van der Waals surface area contributed by atoms with E-state index in [9.17, 15) is 13.6 Å². The van der Waals surface area contributed by atoms with Crippen LogP contribution in [0.1, 0.15) is 12.5 Å². The molecule has 4 nitrogen and oxygen atoms in total. The number of ether oxygens (including phenoxy) is 2. The molecule has 0 aliphatic carbocycles. The van der Waals surface area contributed by atoms with Crippen molar-refractivity contribution in [1.82, 2.24) is 4.57 Å². The standard InChI is InChI=1S/C20H17F2NO3/c1-3-25-19(24)10-7-13-12-23(2)16-5-4-6-18(20(13)16)26-17-9-8-14(21)11-15(17)22/h4-12H,3H2,1-2H3. The van der Waals surface area contributed by atoms with Gasteiger partial charge < -0.3 is 14.0 Å². The maximum Gasteiger partial charge on any atom is 0.330 e. The molecule has 134 valence electrons. The highest BCUT2D eigenvalue weighted by Crippen LogP contribution is 2.35. The zero-order chi connectivity index (χ0) is 18.7. The lowest BCUT2D eigenvalue weighted by molar-refractivity contribution is -0.137. The lowest BCUT2D eigenvalue weighted by Crippen LogP contribution is -1.98. The number of carbonyl (C=O) groups excluding carboxylic acids is 1. The van der Waals surface area contributed by atoms with Gasteiger partial charge in [-0.15, -0.1) is 0 Å². The molecule has 26 heavy (non-hydrogen) atoms. The van der Waals surface area contributed by atoms with Crippen molar-refractivity contribution in [3.05, 3.63) is 65.9 Å². The minimum Gasteiger partial charge on any atom is -0.463 e. The Morgan fingerprint density at radius 1 is 1.19 bits per heavy atom. The summed E-state index contributed by atoms with van der Waals surface area (Å²) in [6.45, 7) is 2.02. The first-order valence-electron chi connectivity index (χ1n) is 8.05. The van der Waals surface area contributed by atoms with Gasteiger partial charge in [-0.05, 0) is 37.3 Å². The van der Waals surface area contributed by atoms with E-state index in [2.05, 4.69) is 0 Å². The molecule has 0 aliphatic heterocycles. The lowest BCUT2D eigenvalue weighted by atomic mass is 10.1. The Kier molecular flexibility index (Phi) is 5.02. The van der Waals surface area contributed by atoms with Crippen LogP contribution in [0.4, 0.5) is 8.78 Å². The summed E-state index contributed by atoms with van der Waals surface area (Å²) in [7, 11) is 1.85. The van der Waals surface area contributed by atoms with Crippen LogP contribution in [0.15, 0.2) is 48.7 Å². The van der Waals surface area contributed by atoms with Crippen molar-refractivity contribution in [2.75, 3.05) is 6.61 Å². The number of esters is 1. The molecule has 3 rings (SSSR count). The van der Waals surface area contributed by atoms with Gasteiger partial charge in [-0.2, -0.15) is 0 Å². The number of carbonyl (C=O) groups is 1. The molecule has 0 saturated carbocycles. The Labute approximate surface area is 149 Å². The van der Waals surface area contributed by atoms with Crippen LogP contribution in [-0.2, 0) is 16.6 Å². The Morgan fingerprint density at radius 2 is 2.00 bits per heavy atom. The van der Waals surface area contributed by atoms with Crippen LogP contribution in [0.25, 0.3) is 17.0 Å². The molecule has 3 aromatic rings. The van der Waals surface area contributed by atoms with E-state index in [0.717, 1.165) is 17.6 Å². The quantitative estimate of drug-likeness (QED) is 0.485. The Morgan fingerprint density at radius 3 is 2.73 bits per heavy atom. The summed E-state index contributed by atoms with van der Waals surface area (Å²) in [6, 6.07) is 8.48. The molecule has 1 heterocycles. The highest BCUT2D eigenvalue weighted by molar-refractivity contribution is 5.97. The molecule has 2 aromatic carbocycles. The largest absolute Gasteiger partial charge is 0.463 e. The summed E-state index contributed by atoms with van der Waals surface area (Å²) in [6.07, 6.45) is 4.77. The number of fused-ring (bicyclic) bond motifs is 1. The normalized spacial score (nSPS) is 11.2. The van der Waals surface area contributed by atoms with E-state index < -0.39 is 17.6 Å². The van der Waals surface area contributed by atoms with Gasteiger partial charge in [0.15, 0.2) is 11.6 Å². The third-order valence-corrected chi connectivity index (χ3v) is 3.81. The molecular weight excluding hydrogens is 340 g/mol. The van der Waals surface area contributed by atoms with E-state index in [1.54, 1.807) is 25.1 Å². The first-order chi connectivity index (χ1) is 12.5. The summed E-state index contributed by atoms with van der Waals surface area (Å²) in [5.74, 6) is -1.60. The number of aromatic nitrogens is 1. The summed E-state index contributed by atoms with van der Waals surface area (Å²) >= 11 is 0. The van der Waals surface area contributed by atoms with Crippen LogP contribution in [-0.4, -0.2) is 17.1 Å². The van der Waals surface area contributed by atoms with E-state index in [4.69, 9.17) is 9.47 Å². The van der Waals surface area contributed by atoms with Crippen molar-refractivity contribution in [2.24, 2.45) is 7.05 Å². The second-order valence-electron chi connectivity index (χ2n) is 5.61. The van der Waals surface area contributed by atoms with Crippen molar-refractivity contribution >= 4 is 22.9 Å². The van der Waals surface area contributed by atoms with Crippen molar-refractivity contribution in [3.8, 4) is 11.5 Å². The van der Waals surface area contributed by atoms with Crippen LogP contribution in [0.5, 0.6) is 11.5 Å². The predicted octanol–water partition coefficient (Wildman–Crippen LogP) is 4.83. The van der Waals surface area contributed by atoms with Crippen molar-refractivity contribution < 1.29 is 23.0 Å². The van der Waals surface area contributed by atoms with E-state index >= 15 is 0 Å². The van der Waals surface area contributed by atoms with Gasteiger partial charge in [0.2, 0.25) is 0 Å². The van der Waals surface area contributed by atoms with Crippen molar-refractivity contribution in [3.63, 3.8) is 0 Å². The molecular formula is C20H17F2NO3. The summed E-state index contributed by atoms with van der Waals surface area (Å²) in [4.78, 5) is 11.6. The van der Waals surface area contributed by atoms with E-state index in [1.165, 1.54) is 12.1 Å². The second kappa shape index (κ2) is 7.39. The van der Waals surface area contributed by atoms with Gasteiger partial charge in [0, 0.05) is 36.3 Å². The molecule has 0 saturated heterocycles. The molecule has 6 heteroatoms. The third kappa shape index (κ3) is 3.59. The number of hydrogen-bond acceptors (Lipinski definition) is 3. The first kappa shape index (κ1) is 17.7. The highest BCUT2D eigenvalue weighted by Gasteiger charge is 2.13. The summed E-state index contributed by atoms with van der Waals surface area (Å²) < 4.78 is 39.5. The minimum atomic E-state index is -0.790. The predicted molar refractivity (Wildman–Crippen MR) is 95.0 cm³/mol. The summed E-state index contributed by atoms with van der Waals surface area (Å²) in [5, 5.41) is 0.708. The van der Waals surface area contributed by atoms with Crippen molar-refractivity contribution in [1.29, 1.82) is 0 Å². The SMILES string of the molecule is CCOC(=O)C=Cc1cn(C)c2cccc(Oc3ccc(F)cc3F)c12. The Balaban J connectivity index is 2.04. The van der Waals surface area contributed by atoms with Crippen LogP contribution >= 0.6 is 0 Å². The van der Waals surface area contributed by atoms with Gasteiger partial charge in [-0.3, -0.25) is 0 Å². The Bertz CT molecular complexity index is 992. The molecule has 0 N–H and O–H groups in total. The van der Waals surface area contributed by atoms with Crippen LogP contribution in [0.3, 0.4) is 0 Å². The maximum absolute atomic E-state index is 13.9. The molecule has 1 aromatic heterocycles. The van der Waals surface area contributed by atoms with Crippen molar-refractivity contribution in [2.45, 2.75) is 6.92 Å². The molecule has 0 spiro atoms. The average Bonchev–Trinajstić information content (AvgIpc) is 2.93. The van der Waals surface area contributed by atoms with E-state index in [-0.39, 0.29) is 12.4 Å². The number of nitrogens with zero attached hydrogens (tertiary/aromatic N) is 1. The van der Waals surface area contributed by atoms with Crippen LogP contribution in [0.2, 0.25) is 0 Å². The number of rotatable bonds is 5. The number of aryl methyl sites for hydroxylation is 1. The minimum absolute atomic E-state index is 0.0805. The molecule has 0 bridgehead atoms. The first-order valence-corrected chi connectivity index (χ1v) is 8.05. The molecule has 0 fully saturated rings. The second-order valence-corrected chi connectivity index (χ2v) is 5.61. The van der Waals surface area contributed by atoms with Gasteiger partial charge in [0.05, 0.1) is 12.1 Å². The Hall–Kier alpha value is -3.15. The van der Waals surface area contributed by atoms with Crippen LogP contribution < -0.4 is 4.74 Å². The highest BCUT2D eigenvalue weighted by atomic mass is 19.1. The molecule has 0 amide bonds. The fraction of sp³-hybridized carbons (Fsp3) is 0.150.